The first kappa shape index (κ1) is 10.5. The van der Waals surface area contributed by atoms with E-state index in [4.69, 9.17) is 27.6 Å². The van der Waals surface area contributed by atoms with Gasteiger partial charge in [0, 0.05) is 10.6 Å². The first-order valence-corrected chi connectivity index (χ1v) is 5.39. The summed E-state index contributed by atoms with van der Waals surface area (Å²) in [5.41, 5.74) is 1.95. The average Bonchev–Trinajstić information content (AvgIpc) is 2.70. The van der Waals surface area contributed by atoms with Crippen molar-refractivity contribution in [3.63, 3.8) is 0 Å². The van der Waals surface area contributed by atoms with Gasteiger partial charge in [-0.15, -0.1) is 11.6 Å². The van der Waals surface area contributed by atoms with E-state index in [1.165, 1.54) is 0 Å². The van der Waals surface area contributed by atoms with Crippen LogP contribution in [0.25, 0.3) is 11.3 Å². The van der Waals surface area contributed by atoms with Crippen molar-refractivity contribution < 1.29 is 4.42 Å². The summed E-state index contributed by atoms with van der Waals surface area (Å²) in [5.74, 6) is 1.48. The molecule has 2 rings (SSSR count). The highest BCUT2D eigenvalue weighted by molar-refractivity contribution is 6.31. The number of halogens is 2. The number of alkyl halides is 1. The Hall–Kier alpha value is -0.990. The van der Waals surface area contributed by atoms with E-state index in [2.05, 4.69) is 4.98 Å². The van der Waals surface area contributed by atoms with Crippen LogP contribution in [0.5, 0.6) is 0 Å². The lowest BCUT2D eigenvalue weighted by Gasteiger charge is -2.00. The highest BCUT2D eigenvalue weighted by Crippen LogP contribution is 2.26. The molecule has 0 unspecified atom stereocenters. The molecule has 2 nitrogen and oxygen atoms in total. The number of oxazole rings is 1. The van der Waals surface area contributed by atoms with Gasteiger partial charge in [0.15, 0.2) is 5.76 Å². The Bertz CT molecular complexity index is 479. The van der Waals surface area contributed by atoms with Gasteiger partial charge < -0.3 is 4.42 Å². The van der Waals surface area contributed by atoms with Crippen molar-refractivity contribution >= 4 is 23.2 Å². The maximum absolute atomic E-state index is 6.02. The van der Waals surface area contributed by atoms with E-state index in [9.17, 15) is 0 Å². The van der Waals surface area contributed by atoms with E-state index in [0.717, 1.165) is 16.1 Å². The standard InChI is InChI=1S/C11H9Cl2NO/c1-7-2-3-8(4-9(7)13)10-6-14-11(5-12)15-10/h2-4,6H,5H2,1H3. The SMILES string of the molecule is Cc1ccc(-c2cnc(CCl)o2)cc1Cl. The quantitative estimate of drug-likeness (QED) is 0.742. The molecule has 0 saturated carbocycles. The van der Waals surface area contributed by atoms with E-state index in [1.54, 1.807) is 6.20 Å². The zero-order valence-corrected chi connectivity index (χ0v) is 9.64. The lowest BCUT2D eigenvalue weighted by Crippen LogP contribution is -1.78. The molecule has 0 bridgehead atoms. The van der Waals surface area contributed by atoms with E-state index in [0.29, 0.717) is 11.7 Å². The molecule has 1 aromatic carbocycles. The third-order valence-electron chi connectivity index (χ3n) is 2.12. The van der Waals surface area contributed by atoms with Crippen LogP contribution in [0, 0.1) is 6.92 Å². The molecule has 15 heavy (non-hydrogen) atoms. The third kappa shape index (κ3) is 2.16. The van der Waals surface area contributed by atoms with Gasteiger partial charge in [-0.2, -0.15) is 0 Å². The predicted molar refractivity (Wildman–Crippen MR) is 61.2 cm³/mol. The van der Waals surface area contributed by atoms with Crippen molar-refractivity contribution in [1.29, 1.82) is 0 Å². The molecule has 0 N–H and O–H groups in total. The van der Waals surface area contributed by atoms with Crippen molar-refractivity contribution in [2.75, 3.05) is 0 Å². The van der Waals surface area contributed by atoms with Gasteiger partial charge >= 0.3 is 0 Å². The third-order valence-corrected chi connectivity index (χ3v) is 2.76. The van der Waals surface area contributed by atoms with E-state index in [-0.39, 0.29) is 5.88 Å². The van der Waals surface area contributed by atoms with E-state index in [1.807, 2.05) is 25.1 Å². The first-order valence-electron chi connectivity index (χ1n) is 4.48. The minimum atomic E-state index is 0.277. The lowest BCUT2D eigenvalue weighted by atomic mass is 10.1. The minimum Gasteiger partial charge on any atom is -0.439 e. The Morgan fingerprint density at radius 1 is 1.40 bits per heavy atom. The molecule has 0 aliphatic heterocycles. The van der Waals surface area contributed by atoms with Crippen LogP contribution in [0.4, 0.5) is 0 Å². The van der Waals surface area contributed by atoms with Crippen LogP contribution >= 0.6 is 23.2 Å². The largest absolute Gasteiger partial charge is 0.439 e. The summed E-state index contributed by atoms with van der Waals surface area (Å²) in [5, 5.41) is 0.719. The average molecular weight is 242 g/mol. The summed E-state index contributed by atoms with van der Waals surface area (Å²) in [6.07, 6.45) is 1.65. The van der Waals surface area contributed by atoms with Gasteiger partial charge in [0.05, 0.1) is 12.1 Å². The second-order valence-corrected chi connectivity index (χ2v) is 3.89. The zero-order valence-electron chi connectivity index (χ0n) is 8.13. The normalized spacial score (nSPS) is 10.6. The highest BCUT2D eigenvalue weighted by atomic mass is 35.5. The molecule has 0 radical (unpaired) electrons. The van der Waals surface area contributed by atoms with Gasteiger partial charge in [-0.25, -0.2) is 4.98 Å². The van der Waals surface area contributed by atoms with Gasteiger partial charge in [0.25, 0.3) is 0 Å². The second kappa shape index (κ2) is 4.25. The molecule has 4 heteroatoms. The zero-order chi connectivity index (χ0) is 10.8. The molecule has 0 atom stereocenters. The minimum absolute atomic E-state index is 0.277. The smallest absolute Gasteiger partial charge is 0.209 e. The Kier molecular flexibility index (Phi) is 2.98. The number of aryl methyl sites for hydroxylation is 1. The molecule has 78 valence electrons. The summed E-state index contributed by atoms with van der Waals surface area (Å²) in [4.78, 5) is 4.02. The second-order valence-electron chi connectivity index (χ2n) is 3.22. The number of benzene rings is 1. The molecular formula is C11H9Cl2NO. The Labute approximate surface area is 97.8 Å². The summed E-state index contributed by atoms with van der Waals surface area (Å²) in [6, 6.07) is 5.75. The molecule has 0 spiro atoms. The fourth-order valence-electron chi connectivity index (χ4n) is 1.25. The van der Waals surface area contributed by atoms with Gasteiger partial charge in [-0.3, -0.25) is 0 Å². The van der Waals surface area contributed by atoms with Crippen LogP contribution < -0.4 is 0 Å². The monoisotopic (exact) mass is 241 g/mol. The molecule has 0 saturated heterocycles. The number of hydrogen-bond acceptors (Lipinski definition) is 2. The Balaban J connectivity index is 2.40. The van der Waals surface area contributed by atoms with Crippen LogP contribution in [-0.2, 0) is 5.88 Å². The van der Waals surface area contributed by atoms with Crippen molar-refractivity contribution in [3.8, 4) is 11.3 Å². The van der Waals surface area contributed by atoms with Gasteiger partial charge in [0.1, 0.15) is 0 Å². The maximum Gasteiger partial charge on any atom is 0.209 e. The van der Waals surface area contributed by atoms with Crippen molar-refractivity contribution in [1.82, 2.24) is 4.98 Å². The van der Waals surface area contributed by atoms with Crippen LogP contribution in [0.3, 0.4) is 0 Å². The van der Waals surface area contributed by atoms with Crippen molar-refractivity contribution in [3.05, 3.63) is 40.9 Å². The number of rotatable bonds is 2. The summed E-state index contributed by atoms with van der Waals surface area (Å²) >= 11 is 11.6. The van der Waals surface area contributed by atoms with Crippen LogP contribution in [0.1, 0.15) is 11.5 Å². The number of nitrogens with zero attached hydrogens (tertiary/aromatic N) is 1. The molecular weight excluding hydrogens is 233 g/mol. The van der Waals surface area contributed by atoms with Gasteiger partial charge in [0.2, 0.25) is 5.89 Å². The fraction of sp³-hybridized carbons (Fsp3) is 0.182. The molecule has 1 aromatic heterocycles. The van der Waals surface area contributed by atoms with Crippen molar-refractivity contribution in [2.45, 2.75) is 12.8 Å². The summed E-state index contributed by atoms with van der Waals surface area (Å²) < 4.78 is 5.41. The summed E-state index contributed by atoms with van der Waals surface area (Å²) in [7, 11) is 0. The van der Waals surface area contributed by atoms with Gasteiger partial charge in [-0.1, -0.05) is 23.7 Å². The van der Waals surface area contributed by atoms with Gasteiger partial charge in [-0.05, 0) is 18.6 Å². The number of aromatic nitrogens is 1. The first-order chi connectivity index (χ1) is 7.20. The maximum atomic E-state index is 6.02. The van der Waals surface area contributed by atoms with Crippen molar-refractivity contribution in [2.24, 2.45) is 0 Å². The van der Waals surface area contributed by atoms with E-state index < -0.39 is 0 Å². The molecule has 0 aliphatic carbocycles. The van der Waals surface area contributed by atoms with Crippen LogP contribution in [0.2, 0.25) is 5.02 Å². The Morgan fingerprint density at radius 3 is 2.80 bits per heavy atom. The molecule has 0 aliphatic rings. The predicted octanol–water partition coefficient (Wildman–Crippen LogP) is 4.04. The van der Waals surface area contributed by atoms with Crippen LogP contribution in [0.15, 0.2) is 28.8 Å². The molecule has 0 amide bonds. The highest BCUT2D eigenvalue weighted by Gasteiger charge is 2.06. The molecule has 2 aromatic rings. The lowest BCUT2D eigenvalue weighted by molar-refractivity contribution is 0.529. The fourth-order valence-corrected chi connectivity index (χ4v) is 1.56. The Morgan fingerprint density at radius 2 is 2.20 bits per heavy atom. The summed E-state index contributed by atoms with van der Waals surface area (Å²) in [6.45, 7) is 1.96. The number of hydrogen-bond donors (Lipinski definition) is 0. The van der Waals surface area contributed by atoms with Crippen LogP contribution in [-0.4, -0.2) is 4.98 Å². The van der Waals surface area contributed by atoms with E-state index >= 15 is 0 Å². The molecule has 1 heterocycles. The molecule has 0 fully saturated rings. The topological polar surface area (TPSA) is 26.0 Å².